The number of rotatable bonds is 5. The summed E-state index contributed by atoms with van der Waals surface area (Å²) in [5.41, 5.74) is 4.37. The van der Waals surface area contributed by atoms with Crippen LogP contribution in [-0.2, 0) is 6.42 Å². The SMILES string of the molecule is Cc1[nH]n(-c2ccccc2)c(=O)c1[C@@H]1Nc2ccccc2C(=O)N1CCc1ccccc1. The Hall–Kier alpha value is -4.06. The molecule has 0 fully saturated rings. The zero-order chi connectivity index (χ0) is 22.1. The van der Waals surface area contributed by atoms with E-state index >= 15 is 0 Å². The normalized spacial score (nSPS) is 15.3. The number of carbonyl (C=O) groups excluding carboxylic acids is 1. The van der Waals surface area contributed by atoms with E-state index in [-0.39, 0.29) is 11.5 Å². The molecule has 0 saturated carbocycles. The maximum atomic E-state index is 13.5. The molecule has 160 valence electrons. The van der Waals surface area contributed by atoms with Crippen LogP contribution in [0.4, 0.5) is 5.69 Å². The third-order valence-electron chi connectivity index (χ3n) is 5.91. The molecule has 32 heavy (non-hydrogen) atoms. The number of para-hydroxylation sites is 2. The van der Waals surface area contributed by atoms with Crippen LogP contribution < -0.4 is 10.9 Å². The monoisotopic (exact) mass is 424 g/mol. The summed E-state index contributed by atoms with van der Waals surface area (Å²) < 4.78 is 1.53. The molecule has 1 amide bonds. The van der Waals surface area contributed by atoms with Crippen molar-refractivity contribution in [2.45, 2.75) is 19.5 Å². The first-order valence-corrected chi connectivity index (χ1v) is 10.7. The van der Waals surface area contributed by atoms with Crippen LogP contribution in [0.3, 0.4) is 0 Å². The number of amides is 1. The summed E-state index contributed by atoms with van der Waals surface area (Å²) >= 11 is 0. The molecule has 6 nitrogen and oxygen atoms in total. The first-order valence-electron chi connectivity index (χ1n) is 10.7. The number of aryl methyl sites for hydroxylation is 1. The topological polar surface area (TPSA) is 70.1 Å². The lowest BCUT2D eigenvalue weighted by molar-refractivity contribution is 0.0684. The molecule has 2 heterocycles. The molecule has 1 atom stereocenters. The Balaban J connectivity index is 1.57. The van der Waals surface area contributed by atoms with E-state index in [1.807, 2.05) is 79.7 Å². The molecule has 6 heteroatoms. The summed E-state index contributed by atoms with van der Waals surface area (Å²) in [7, 11) is 0. The zero-order valence-electron chi connectivity index (χ0n) is 17.8. The van der Waals surface area contributed by atoms with Crippen LogP contribution in [0, 0.1) is 6.92 Å². The molecule has 1 aromatic heterocycles. The molecular formula is C26H24N4O2. The quantitative estimate of drug-likeness (QED) is 0.502. The van der Waals surface area contributed by atoms with Gasteiger partial charge in [-0.25, -0.2) is 4.68 Å². The van der Waals surface area contributed by atoms with E-state index in [4.69, 9.17) is 0 Å². The van der Waals surface area contributed by atoms with Gasteiger partial charge in [-0.3, -0.25) is 14.7 Å². The van der Waals surface area contributed by atoms with Crippen LogP contribution in [-0.4, -0.2) is 27.1 Å². The minimum Gasteiger partial charge on any atom is -0.361 e. The number of fused-ring (bicyclic) bond motifs is 1. The summed E-state index contributed by atoms with van der Waals surface area (Å²) in [6, 6.07) is 27.0. The molecule has 0 bridgehead atoms. The van der Waals surface area contributed by atoms with Crippen LogP contribution in [0.1, 0.15) is 33.3 Å². The number of nitrogens with one attached hydrogen (secondary N) is 2. The van der Waals surface area contributed by atoms with Crippen molar-refractivity contribution in [3.05, 3.63) is 118 Å². The Morgan fingerprint density at radius 1 is 0.844 bits per heavy atom. The summed E-state index contributed by atoms with van der Waals surface area (Å²) in [4.78, 5) is 28.7. The second kappa shape index (κ2) is 8.23. The van der Waals surface area contributed by atoms with Crippen molar-refractivity contribution in [1.82, 2.24) is 14.7 Å². The summed E-state index contributed by atoms with van der Waals surface area (Å²) in [5, 5.41) is 6.63. The van der Waals surface area contributed by atoms with Gasteiger partial charge >= 0.3 is 0 Å². The van der Waals surface area contributed by atoms with Gasteiger partial charge in [0.2, 0.25) is 0 Å². The zero-order valence-corrected chi connectivity index (χ0v) is 17.8. The van der Waals surface area contributed by atoms with E-state index < -0.39 is 6.17 Å². The highest BCUT2D eigenvalue weighted by Crippen LogP contribution is 2.33. The number of anilines is 1. The molecule has 0 aliphatic carbocycles. The molecule has 3 aromatic carbocycles. The first-order chi connectivity index (χ1) is 15.6. The highest BCUT2D eigenvalue weighted by atomic mass is 16.2. The number of benzene rings is 3. The van der Waals surface area contributed by atoms with E-state index in [0.29, 0.717) is 24.1 Å². The molecule has 0 radical (unpaired) electrons. The largest absolute Gasteiger partial charge is 0.361 e. The maximum absolute atomic E-state index is 13.5. The molecule has 5 rings (SSSR count). The molecule has 0 saturated heterocycles. The van der Waals surface area contributed by atoms with Crippen molar-refractivity contribution >= 4 is 11.6 Å². The highest BCUT2D eigenvalue weighted by Gasteiger charge is 2.36. The Morgan fingerprint density at radius 3 is 2.25 bits per heavy atom. The van der Waals surface area contributed by atoms with Gasteiger partial charge in [0, 0.05) is 17.9 Å². The van der Waals surface area contributed by atoms with Crippen molar-refractivity contribution in [2.24, 2.45) is 0 Å². The van der Waals surface area contributed by atoms with Gasteiger partial charge in [0.05, 0.1) is 16.8 Å². The van der Waals surface area contributed by atoms with Crippen molar-refractivity contribution in [3.8, 4) is 5.69 Å². The second-order valence-corrected chi connectivity index (χ2v) is 7.95. The van der Waals surface area contributed by atoms with Gasteiger partial charge in [-0.2, -0.15) is 0 Å². The van der Waals surface area contributed by atoms with Crippen LogP contribution in [0.25, 0.3) is 5.69 Å². The molecule has 1 aliphatic rings. The van der Waals surface area contributed by atoms with E-state index in [0.717, 1.165) is 22.6 Å². The van der Waals surface area contributed by atoms with Gasteiger partial charge < -0.3 is 10.2 Å². The molecule has 2 N–H and O–H groups in total. The lowest BCUT2D eigenvalue weighted by Gasteiger charge is -2.37. The molecule has 1 aliphatic heterocycles. The van der Waals surface area contributed by atoms with Crippen molar-refractivity contribution in [1.29, 1.82) is 0 Å². The summed E-state index contributed by atoms with van der Waals surface area (Å²) in [6.45, 7) is 2.36. The fourth-order valence-electron chi connectivity index (χ4n) is 4.29. The molecule has 0 spiro atoms. The third kappa shape index (κ3) is 3.50. The minimum atomic E-state index is -0.560. The number of aromatic nitrogens is 2. The van der Waals surface area contributed by atoms with E-state index in [1.54, 1.807) is 4.90 Å². The fraction of sp³-hybridized carbons (Fsp3) is 0.154. The second-order valence-electron chi connectivity index (χ2n) is 7.95. The number of H-pyrrole nitrogens is 1. The van der Waals surface area contributed by atoms with Gasteiger partial charge in [0.25, 0.3) is 11.5 Å². The third-order valence-corrected chi connectivity index (χ3v) is 5.91. The standard InChI is InChI=1S/C26H24N4O2/c1-18-23(26(32)30(28-18)20-12-6-3-7-13-20)24-27-22-15-9-8-14-21(22)25(31)29(24)17-16-19-10-4-2-5-11-19/h2-15,24,27-28H,16-17H2,1H3/t24-/m1/s1. The van der Waals surface area contributed by atoms with Crippen LogP contribution in [0.5, 0.6) is 0 Å². The van der Waals surface area contributed by atoms with Gasteiger partial charge in [-0.15, -0.1) is 0 Å². The van der Waals surface area contributed by atoms with E-state index in [9.17, 15) is 9.59 Å². The van der Waals surface area contributed by atoms with E-state index in [2.05, 4.69) is 22.5 Å². The predicted octanol–water partition coefficient (Wildman–Crippen LogP) is 4.28. The lowest BCUT2D eigenvalue weighted by Crippen LogP contribution is -2.45. The molecular weight excluding hydrogens is 400 g/mol. The average Bonchev–Trinajstić information content (AvgIpc) is 3.13. The Bertz CT molecular complexity index is 1310. The van der Waals surface area contributed by atoms with Gasteiger partial charge in [0.1, 0.15) is 6.17 Å². The van der Waals surface area contributed by atoms with Crippen molar-refractivity contribution in [2.75, 3.05) is 11.9 Å². The maximum Gasteiger partial charge on any atom is 0.278 e. The average molecular weight is 425 g/mol. The van der Waals surface area contributed by atoms with Gasteiger partial charge in [-0.05, 0) is 43.2 Å². The fourth-order valence-corrected chi connectivity index (χ4v) is 4.29. The number of carbonyl (C=O) groups is 1. The number of aromatic amines is 1. The summed E-state index contributed by atoms with van der Waals surface area (Å²) in [6.07, 6.45) is 0.137. The van der Waals surface area contributed by atoms with Crippen molar-refractivity contribution in [3.63, 3.8) is 0 Å². The van der Waals surface area contributed by atoms with Crippen molar-refractivity contribution < 1.29 is 4.79 Å². The van der Waals surface area contributed by atoms with Gasteiger partial charge in [0.15, 0.2) is 0 Å². The minimum absolute atomic E-state index is 0.0773. The molecule has 0 unspecified atom stereocenters. The Labute approximate surface area is 186 Å². The van der Waals surface area contributed by atoms with Crippen LogP contribution >= 0.6 is 0 Å². The smallest absolute Gasteiger partial charge is 0.278 e. The summed E-state index contributed by atoms with van der Waals surface area (Å²) in [5.74, 6) is -0.0773. The number of nitrogens with zero attached hydrogens (tertiary/aromatic N) is 2. The predicted molar refractivity (Wildman–Crippen MR) is 125 cm³/mol. The van der Waals surface area contributed by atoms with Crippen LogP contribution in [0.15, 0.2) is 89.7 Å². The Morgan fingerprint density at radius 2 is 1.50 bits per heavy atom. The molecule has 4 aromatic rings. The Kier molecular flexibility index (Phi) is 5.11. The number of hydrogen-bond donors (Lipinski definition) is 2. The van der Waals surface area contributed by atoms with Crippen LogP contribution in [0.2, 0.25) is 0 Å². The highest BCUT2D eigenvalue weighted by molar-refractivity contribution is 6.01. The number of hydrogen-bond acceptors (Lipinski definition) is 3. The van der Waals surface area contributed by atoms with Gasteiger partial charge in [-0.1, -0.05) is 60.7 Å². The lowest BCUT2D eigenvalue weighted by atomic mass is 10.0. The first kappa shape index (κ1) is 19.9. The van der Waals surface area contributed by atoms with E-state index in [1.165, 1.54) is 4.68 Å².